The second-order valence-electron chi connectivity index (χ2n) is 5.75. The minimum Gasteiger partial charge on any atom is -0.481 e. The van der Waals surface area contributed by atoms with Crippen LogP contribution >= 0.6 is 0 Å². The highest BCUT2D eigenvalue weighted by atomic mass is 16.4. The molecule has 0 fully saturated rings. The number of rotatable bonds is 4. The number of carbonyl (C=O) groups is 2. The molecule has 23 heavy (non-hydrogen) atoms. The Morgan fingerprint density at radius 3 is 2.30 bits per heavy atom. The Labute approximate surface area is 133 Å². The molecule has 0 radical (unpaired) electrons. The van der Waals surface area contributed by atoms with Gasteiger partial charge >= 0.3 is 11.9 Å². The van der Waals surface area contributed by atoms with Gasteiger partial charge in [0.15, 0.2) is 0 Å². The highest BCUT2D eigenvalue weighted by Crippen LogP contribution is 2.34. The third kappa shape index (κ3) is 2.75. The van der Waals surface area contributed by atoms with Gasteiger partial charge in [0.25, 0.3) is 0 Å². The smallest absolute Gasteiger partial charge is 0.335 e. The molecular weight excluding hydrogens is 292 g/mol. The summed E-state index contributed by atoms with van der Waals surface area (Å²) in [5.41, 5.74) is 1.22. The van der Waals surface area contributed by atoms with Crippen LogP contribution in [-0.2, 0) is 4.79 Å². The Bertz CT molecular complexity index is 927. The van der Waals surface area contributed by atoms with Gasteiger partial charge in [-0.15, -0.1) is 0 Å². The van der Waals surface area contributed by atoms with Crippen LogP contribution in [0.25, 0.3) is 21.5 Å². The van der Waals surface area contributed by atoms with E-state index in [9.17, 15) is 14.7 Å². The summed E-state index contributed by atoms with van der Waals surface area (Å²) in [7, 11) is 0. The van der Waals surface area contributed by atoms with E-state index in [1.807, 2.05) is 37.3 Å². The maximum Gasteiger partial charge on any atom is 0.335 e. The zero-order chi connectivity index (χ0) is 16.6. The lowest BCUT2D eigenvalue weighted by molar-refractivity contribution is -0.137. The summed E-state index contributed by atoms with van der Waals surface area (Å²) in [5, 5.41) is 22.0. The fourth-order valence-corrected chi connectivity index (χ4v) is 3.04. The van der Waals surface area contributed by atoms with Crippen LogP contribution in [0.4, 0.5) is 0 Å². The summed E-state index contributed by atoms with van der Waals surface area (Å²) in [6, 6.07) is 14.7. The van der Waals surface area contributed by atoms with Crippen LogP contribution in [0.5, 0.6) is 0 Å². The highest BCUT2D eigenvalue weighted by molar-refractivity contribution is 6.11. The van der Waals surface area contributed by atoms with E-state index >= 15 is 0 Å². The molecule has 0 heterocycles. The molecule has 2 N–H and O–H groups in total. The van der Waals surface area contributed by atoms with E-state index in [0.29, 0.717) is 0 Å². The van der Waals surface area contributed by atoms with Gasteiger partial charge in [-0.1, -0.05) is 43.3 Å². The van der Waals surface area contributed by atoms with Crippen molar-refractivity contribution in [2.75, 3.05) is 0 Å². The van der Waals surface area contributed by atoms with Crippen molar-refractivity contribution in [2.45, 2.75) is 19.3 Å². The van der Waals surface area contributed by atoms with E-state index < -0.39 is 11.9 Å². The summed E-state index contributed by atoms with van der Waals surface area (Å²) in [6.45, 7) is 1.90. The summed E-state index contributed by atoms with van der Waals surface area (Å²) in [6.07, 6.45) is 0.0582. The summed E-state index contributed by atoms with van der Waals surface area (Å²) in [5.74, 6) is -1.91. The summed E-state index contributed by atoms with van der Waals surface area (Å²) >= 11 is 0. The number of carboxylic acids is 2. The maximum absolute atomic E-state index is 11.2. The molecule has 3 aromatic rings. The Balaban J connectivity index is 2.32. The molecule has 0 saturated heterocycles. The normalized spacial score (nSPS) is 12.4. The highest BCUT2D eigenvalue weighted by Gasteiger charge is 2.16. The van der Waals surface area contributed by atoms with Crippen LogP contribution in [0.2, 0.25) is 0 Å². The Kier molecular flexibility index (Phi) is 3.74. The number of carboxylic acid groups (broad SMARTS) is 2. The van der Waals surface area contributed by atoms with Crippen molar-refractivity contribution in [3.05, 3.63) is 59.7 Å². The number of hydrogen-bond donors (Lipinski definition) is 2. The average molecular weight is 308 g/mol. The molecule has 0 saturated carbocycles. The second-order valence-corrected chi connectivity index (χ2v) is 5.75. The van der Waals surface area contributed by atoms with Crippen LogP contribution in [0, 0.1) is 0 Å². The molecular formula is C19H16O4. The van der Waals surface area contributed by atoms with Gasteiger partial charge in [-0.2, -0.15) is 0 Å². The topological polar surface area (TPSA) is 74.6 Å². The molecule has 116 valence electrons. The molecule has 1 atom stereocenters. The fourth-order valence-electron chi connectivity index (χ4n) is 3.04. The first kappa shape index (κ1) is 15.0. The monoisotopic (exact) mass is 308 g/mol. The first-order valence-electron chi connectivity index (χ1n) is 7.38. The van der Waals surface area contributed by atoms with E-state index in [-0.39, 0.29) is 17.9 Å². The van der Waals surface area contributed by atoms with Crippen molar-refractivity contribution in [1.29, 1.82) is 0 Å². The number of benzene rings is 3. The second kappa shape index (κ2) is 5.72. The molecule has 4 nitrogen and oxygen atoms in total. The quantitative estimate of drug-likeness (QED) is 0.706. The predicted molar refractivity (Wildman–Crippen MR) is 89.1 cm³/mol. The van der Waals surface area contributed by atoms with Crippen LogP contribution in [-0.4, -0.2) is 22.2 Å². The van der Waals surface area contributed by atoms with Gasteiger partial charge in [-0.25, -0.2) is 4.79 Å². The van der Waals surface area contributed by atoms with Crippen molar-refractivity contribution in [3.8, 4) is 0 Å². The van der Waals surface area contributed by atoms with Crippen LogP contribution < -0.4 is 0 Å². The van der Waals surface area contributed by atoms with E-state index in [2.05, 4.69) is 0 Å². The predicted octanol–water partition coefficient (Wildman–Crippen LogP) is 4.27. The molecule has 3 rings (SSSR count). The van der Waals surface area contributed by atoms with Gasteiger partial charge < -0.3 is 10.2 Å². The summed E-state index contributed by atoms with van der Waals surface area (Å²) in [4.78, 5) is 22.2. The van der Waals surface area contributed by atoms with Crippen molar-refractivity contribution in [3.63, 3.8) is 0 Å². The Morgan fingerprint density at radius 1 is 0.957 bits per heavy atom. The molecule has 4 heteroatoms. The fraction of sp³-hybridized carbons (Fsp3) is 0.158. The van der Waals surface area contributed by atoms with Crippen molar-refractivity contribution in [1.82, 2.24) is 0 Å². The van der Waals surface area contributed by atoms with Gasteiger partial charge in [0.2, 0.25) is 0 Å². The van der Waals surface area contributed by atoms with E-state index in [4.69, 9.17) is 5.11 Å². The van der Waals surface area contributed by atoms with Gasteiger partial charge in [0, 0.05) is 0 Å². The molecule has 0 aliphatic heterocycles. The number of aliphatic carboxylic acids is 1. The van der Waals surface area contributed by atoms with Crippen molar-refractivity contribution >= 4 is 33.5 Å². The first-order valence-corrected chi connectivity index (χ1v) is 7.38. The Hall–Kier alpha value is -2.88. The van der Waals surface area contributed by atoms with Crippen molar-refractivity contribution in [2.24, 2.45) is 0 Å². The van der Waals surface area contributed by atoms with Crippen molar-refractivity contribution < 1.29 is 19.8 Å². The maximum atomic E-state index is 11.2. The number of fused-ring (bicyclic) bond motifs is 3. The molecule has 0 aliphatic carbocycles. The zero-order valence-electron chi connectivity index (χ0n) is 12.6. The number of hydrogen-bond acceptors (Lipinski definition) is 2. The lowest BCUT2D eigenvalue weighted by Crippen LogP contribution is -2.04. The average Bonchev–Trinajstić information content (AvgIpc) is 2.52. The molecule has 0 bridgehead atoms. The minimum atomic E-state index is -0.959. The van der Waals surface area contributed by atoms with Gasteiger partial charge in [-0.3, -0.25) is 4.79 Å². The molecule has 0 spiro atoms. The van der Waals surface area contributed by atoms with E-state index in [0.717, 1.165) is 27.1 Å². The van der Waals surface area contributed by atoms with Crippen LogP contribution in [0.15, 0.2) is 48.5 Å². The van der Waals surface area contributed by atoms with Gasteiger partial charge in [0.05, 0.1) is 12.0 Å². The standard InChI is InChI=1S/C19H16O4/c1-11(8-18(20)21)16-9-12-6-7-13(19(22)23)10-17(12)15-5-3-2-4-14(15)16/h2-7,9-11H,8H2,1H3,(H,20,21)(H,22,23). The van der Waals surface area contributed by atoms with Gasteiger partial charge in [-0.05, 0) is 45.2 Å². The van der Waals surface area contributed by atoms with Gasteiger partial charge in [0.1, 0.15) is 0 Å². The lowest BCUT2D eigenvalue weighted by atomic mass is 9.89. The third-order valence-corrected chi connectivity index (χ3v) is 4.15. The molecule has 0 aliphatic rings. The molecule has 0 aromatic heterocycles. The zero-order valence-corrected chi connectivity index (χ0v) is 12.6. The van der Waals surface area contributed by atoms with Crippen LogP contribution in [0.3, 0.4) is 0 Å². The lowest BCUT2D eigenvalue weighted by Gasteiger charge is -2.15. The summed E-state index contributed by atoms with van der Waals surface area (Å²) < 4.78 is 0. The van der Waals surface area contributed by atoms with Crippen LogP contribution in [0.1, 0.15) is 35.2 Å². The molecule has 1 unspecified atom stereocenters. The SMILES string of the molecule is CC(CC(=O)O)c1cc2ccc(C(=O)O)cc2c2ccccc12. The first-order chi connectivity index (χ1) is 11.0. The van der Waals surface area contributed by atoms with E-state index in [1.54, 1.807) is 18.2 Å². The minimum absolute atomic E-state index is 0.0582. The Morgan fingerprint density at radius 2 is 1.65 bits per heavy atom. The number of aromatic carboxylic acids is 1. The third-order valence-electron chi connectivity index (χ3n) is 4.15. The molecule has 3 aromatic carbocycles. The van der Waals surface area contributed by atoms with E-state index in [1.165, 1.54) is 0 Å². The largest absolute Gasteiger partial charge is 0.481 e. The molecule has 0 amide bonds.